The number of hydrogen-bond acceptors (Lipinski definition) is 4. The number of nitrogens with one attached hydrogen (secondary N) is 1. The lowest BCUT2D eigenvalue weighted by molar-refractivity contribution is -0.124. The topological polar surface area (TPSA) is 85.8 Å². The predicted molar refractivity (Wildman–Crippen MR) is 80.6 cm³/mol. The van der Waals surface area contributed by atoms with Gasteiger partial charge in [-0.2, -0.15) is 5.10 Å². The highest BCUT2D eigenvalue weighted by Crippen LogP contribution is 2.17. The molecule has 0 aliphatic rings. The monoisotopic (exact) mass is 287 g/mol. The molecule has 0 fully saturated rings. The van der Waals surface area contributed by atoms with E-state index in [9.17, 15) is 4.79 Å². The smallest absolute Gasteiger partial charge is 0.237 e. The zero-order valence-electron chi connectivity index (χ0n) is 12.6. The van der Waals surface area contributed by atoms with Crippen molar-refractivity contribution in [2.45, 2.75) is 33.4 Å². The Hall–Kier alpha value is -2.21. The van der Waals surface area contributed by atoms with Crippen molar-refractivity contribution in [1.82, 2.24) is 20.1 Å². The number of amides is 1. The zero-order chi connectivity index (χ0) is 15.5. The summed E-state index contributed by atoms with van der Waals surface area (Å²) in [5.41, 5.74) is 6.61. The average molecular weight is 287 g/mol. The first-order valence-corrected chi connectivity index (χ1v) is 6.86. The Labute approximate surface area is 124 Å². The van der Waals surface area contributed by atoms with Gasteiger partial charge in [0, 0.05) is 25.1 Å². The Bertz CT molecular complexity index is 601. The van der Waals surface area contributed by atoms with E-state index in [1.165, 1.54) is 0 Å². The summed E-state index contributed by atoms with van der Waals surface area (Å²) in [5.74, 6) is 0.562. The molecule has 0 bridgehead atoms. The van der Waals surface area contributed by atoms with Gasteiger partial charge in [-0.1, -0.05) is 20.8 Å². The van der Waals surface area contributed by atoms with E-state index in [0.717, 1.165) is 5.56 Å². The van der Waals surface area contributed by atoms with Crippen LogP contribution in [0.25, 0.3) is 5.82 Å². The molecule has 1 atom stereocenters. The first-order chi connectivity index (χ1) is 9.88. The van der Waals surface area contributed by atoms with Crippen molar-refractivity contribution in [1.29, 1.82) is 0 Å². The molecule has 2 aromatic rings. The van der Waals surface area contributed by atoms with Crippen LogP contribution in [0.4, 0.5) is 0 Å². The van der Waals surface area contributed by atoms with Gasteiger partial charge < -0.3 is 11.1 Å². The van der Waals surface area contributed by atoms with E-state index in [1.54, 1.807) is 17.1 Å². The molecule has 0 saturated carbocycles. The molecule has 2 aromatic heterocycles. The lowest BCUT2D eigenvalue weighted by atomic mass is 9.87. The minimum atomic E-state index is -0.537. The molecule has 6 heteroatoms. The van der Waals surface area contributed by atoms with Gasteiger partial charge in [-0.15, -0.1) is 0 Å². The van der Waals surface area contributed by atoms with Crippen molar-refractivity contribution < 1.29 is 4.79 Å². The van der Waals surface area contributed by atoms with Crippen LogP contribution in [0.3, 0.4) is 0 Å². The number of hydrogen-bond donors (Lipinski definition) is 2. The Morgan fingerprint density at radius 2 is 2.19 bits per heavy atom. The van der Waals surface area contributed by atoms with Crippen LogP contribution in [0.5, 0.6) is 0 Å². The summed E-state index contributed by atoms with van der Waals surface area (Å²) in [6.07, 6.45) is 5.21. The Morgan fingerprint density at radius 3 is 2.81 bits per heavy atom. The molecule has 0 saturated heterocycles. The van der Waals surface area contributed by atoms with E-state index < -0.39 is 6.04 Å². The molecule has 0 aliphatic heterocycles. The first kappa shape index (κ1) is 15.2. The van der Waals surface area contributed by atoms with Crippen molar-refractivity contribution in [3.8, 4) is 5.82 Å². The zero-order valence-corrected chi connectivity index (χ0v) is 12.6. The van der Waals surface area contributed by atoms with E-state index >= 15 is 0 Å². The molecular weight excluding hydrogens is 266 g/mol. The summed E-state index contributed by atoms with van der Waals surface area (Å²) in [5, 5.41) is 6.99. The van der Waals surface area contributed by atoms with Gasteiger partial charge in [0.1, 0.15) is 0 Å². The molecule has 0 aliphatic carbocycles. The highest BCUT2D eigenvalue weighted by molar-refractivity contribution is 5.82. The van der Waals surface area contributed by atoms with E-state index in [2.05, 4.69) is 15.4 Å². The van der Waals surface area contributed by atoms with Gasteiger partial charge in [-0.05, 0) is 29.2 Å². The molecule has 0 aromatic carbocycles. The van der Waals surface area contributed by atoms with Crippen LogP contribution in [-0.2, 0) is 11.3 Å². The second-order valence-electron chi connectivity index (χ2n) is 6.03. The van der Waals surface area contributed by atoms with Crippen molar-refractivity contribution in [3.05, 3.63) is 42.4 Å². The van der Waals surface area contributed by atoms with Gasteiger partial charge in [0.25, 0.3) is 0 Å². The molecule has 2 heterocycles. The summed E-state index contributed by atoms with van der Waals surface area (Å²) in [6.45, 7) is 6.25. The Balaban J connectivity index is 2.01. The summed E-state index contributed by atoms with van der Waals surface area (Å²) >= 11 is 0. The minimum absolute atomic E-state index is 0.153. The van der Waals surface area contributed by atoms with Gasteiger partial charge in [0.2, 0.25) is 5.91 Å². The van der Waals surface area contributed by atoms with Crippen molar-refractivity contribution in [2.75, 3.05) is 0 Å². The third kappa shape index (κ3) is 3.88. The fraction of sp³-hybridized carbons (Fsp3) is 0.400. The van der Waals surface area contributed by atoms with Crippen molar-refractivity contribution >= 4 is 5.91 Å². The highest BCUT2D eigenvalue weighted by atomic mass is 16.2. The number of carbonyl (C=O) groups excluding carboxylic acids is 1. The molecule has 6 nitrogen and oxygen atoms in total. The lowest BCUT2D eigenvalue weighted by Gasteiger charge is -2.25. The van der Waals surface area contributed by atoms with Crippen LogP contribution < -0.4 is 11.1 Å². The van der Waals surface area contributed by atoms with Gasteiger partial charge >= 0.3 is 0 Å². The fourth-order valence-electron chi connectivity index (χ4n) is 1.79. The highest BCUT2D eigenvalue weighted by Gasteiger charge is 2.27. The molecule has 0 radical (unpaired) electrons. The number of nitrogens with zero attached hydrogens (tertiary/aromatic N) is 3. The van der Waals surface area contributed by atoms with Crippen LogP contribution in [0.15, 0.2) is 36.8 Å². The van der Waals surface area contributed by atoms with Crippen molar-refractivity contribution in [2.24, 2.45) is 11.1 Å². The summed E-state index contributed by atoms with van der Waals surface area (Å²) in [6, 6.07) is 5.04. The maximum absolute atomic E-state index is 12.0. The SMILES string of the molecule is CC(C)(C)[C@H](N)C(=O)NCc1ccnc(-n2cccn2)c1. The summed E-state index contributed by atoms with van der Waals surface area (Å²) in [4.78, 5) is 16.3. The van der Waals surface area contributed by atoms with E-state index in [0.29, 0.717) is 12.4 Å². The predicted octanol–water partition coefficient (Wildman–Crippen LogP) is 1.26. The van der Waals surface area contributed by atoms with Crippen LogP contribution in [0, 0.1) is 5.41 Å². The molecule has 0 spiro atoms. The molecule has 1 amide bonds. The van der Waals surface area contributed by atoms with Gasteiger partial charge in [-0.25, -0.2) is 9.67 Å². The largest absolute Gasteiger partial charge is 0.351 e. The van der Waals surface area contributed by atoms with Gasteiger partial charge in [0.05, 0.1) is 6.04 Å². The number of pyridine rings is 1. The normalized spacial score (nSPS) is 13.0. The third-order valence-electron chi connectivity index (χ3n) is 3.23. The maximum atomic E-state index is 12.0. The Kier molecular flexibility index (Phi) is 4.37. The van der Waals surface area contributed by atoms with E-state index in [-0.39, 0.29) is 11.3 Å². The molecule has 21 heavy (non-hydrogen) atoms. The molecule has 0 unspecified atom stereocenters. The second kappa shape index (κ2) is 6.05. The van der Waals surface area contributed by atoms with Crippen molar-refractivity contribution in [3.63, 3.8) is 0 Å². The Morgan fingerprint density at radius 1 is 1.43 bits per heavy atom. The number of nitrogens with two attached hydrogens (primary N) is 1. The summed E-state index contributed by atoms with van der Waals surface area (Å²) < 4.78 is 1.67. The van der Waals surface area contributed by atoms with Crippen LogP contribution in [0.2, 0.25) is 0 Å². The quantitative estimate of drug-likeness (QED) is 0.886. The molecule has 3 N–H and O–H groups in total. The van der Waals surface area contributed by atoms with Crippen LogP contribution in [0.1, 0.15) is 26.3 Å². The number of aromatic nitrogens is 3. The van der Waals surface area contributed by atoms with Crippen LogP contribution in [-0.4, -0.2) is 26.7 Å². The van der Waals surface area contributed by atoms with E-state index in [1.807, 2.05) is 45.2 Å². The molecular formula is C15H21N5O. The maximum Gasteiger partial charge on any atom is 0.237 e. The van der Waals surface area contributed by atoms with Gasteiger partial charge in [0.15, 0.2) is 5.82 Å². The summed E-state index contributed by atoms with van der Waals surface area (Å²) in [7, 11) is 0. The number of carbonyl (C=O) groups is 1. The lowest BCUT2D eigenvalue weighted by Crippen LogP contribution is -2.48. The first-order valence-electron chi connectivity index (χ1n) is 6.86. The second-order valence-corrected chi connectivity index (χ2v) is 6.03. The number of rotatable bonds is 4. The minimum Gasteiger partial charge on any atom is -0.351 e. The fourth-order valence-corrected chi connectivity index (χ4v) is 1.79. The standard InChI is InChI=1S/C15H21N5O/c1-15(2,3)13(16)14(21)18-10-11-5-7-17-12(9-11)20-8-4-6-19-20/h4-9,13H,10,16H2,1-3H3,(H,18,21)/t13-/m1/s1. The molecule has 112 valence electrons. The molecule has 2 rings (SSSR count). The van der Waals surface area contributed by atoms with Crippen LogP contribution >= 0.6 is 0 Å². The van der Waals surface area contributed by atoms with Gasteiger partial charge in [-0.3, -0.25) is 4.79 Å². The average Bonchev–Trinajstić information content (AvgIpc) is 2.97. The third-order valence-corrected chi connectivity index (χ3v) is 3.23. The van der Waals surface area contributed by atoms with E-state index in [4.69, 9.17) is 5.73 Å².